The summed E-state index contributed by atoms with van der Waals surface area (Å²) in [6, 6.07) is 0. The minimum absolute atomic E-state index is 0.291. The molecule has 0 radical (unpaired) electrons. The predicted octanol–water partition coefficient (Wildman–Crippen LogP) is 2.16. The number of ether oxygens (including phenoxy) is 1. The highest BCUT2D eigenvalue weighted by Gasteiger charge is 2.09. The van der Waals surface area contributed by atoms with E-state index >= 15 is 0 Å². The number of imidazole rings is 1. The number of unbranched alkanes of at least 4 members (excludes halogenated alkanes) is 1. The number of hydrogen-bond acceptors (Lipinski definition) is 2. The molecular weight excluding hydrogens is 252 g/mol. The average molecular weight is 273 g/mol. The van der Waals surface area contributed by atoms with Gasteiger partial charge in [-0.25, -0.2) is 13.9 Å². The summed E-state index contributed by atoms with van der Waals surface area (Å²) in [4.78, 5) is 11.6. The van der Waals surface area contributed by atoms with Crippen LogP contribution in [0.4, 0.5) is 0 Å². The van der Waals surface area contributed by atoms with Crippen LogP contribution in [0.3, 0.4) is 0 Å². The first kappa shape index (κ1) is 14.4. The fourth-order valence-corrected chi connectivity index (χ4v) is 1.99. The first-order valence-corrected chi connectivity index (χ1v) is 7.15. The Kier molecular flexibility index (Phi) is 5.39. The Labute approximate surface area is 119 Å². The molecule has 0 spiro atoms. The van der Waals surface area contributed by atoms with Gasteiger partial charge in [0.1, 0.15) is 18.0 Å². The smallest absolute Gasteiger partial charge is 0.346 e. The number of carbonyl (C=O) groups is 1. The van der Waals surface area contributed by atoms with E-state index in [1.807, 2.05) is 0 Å². The van der Waals surface area contributed by atoms with Crippen LogP contribution in [0.5, 0.6) is 0 Å². The third-order valence-corrected chi connectivity index (χ3v) is 3.13. The van der Waals surface area contributed by atoms with E-state index in [-0.39, 0.29) is 5.97 Å². The molecule has 1 aliphatic carbocycles. The maximum absolute atomic E-state index is 11.6. The molecule has 0 fully saturated rings. The number of allylic oxidation sites excluding steroid dienone is 1. The Bertz CT molecular complexity index is 549. The van der Waals surface area contributed by atoms with Gasteiger partial charge >= 0.3 is 5.97 Å². The largest absolute Gasteiger partial charge is 0.461 e. The monoisotopic (exact) mass is 273 g/mol. The molecule has 0 saturated carbocycles. The van der Waals surface area contributed by atoms with Crippen molar-refractivity contribution in [3.63, 3.8) is 0 Å². The Balaban J connectivity index is 1.65. The Morgan fingerprint density at radius 1 is 1.45 bits per heavy atom. The van der Waals surface area contributed by atoms with E-state index in [1.165, 1.54) is 12.8 Å². The lowest BCUT2D eigenvalue weighted by molar-refractivity contribution is -0.697. The quantitative estimate of drug-likeness (QED) is 0.315. The lowest BCUT2D eigenvalue weighted by Gasteiger charge is -2.02. The lowest BCUT2D eigenvalue weighted by atomic mass is 10.3. The molecule has 1 aromatic heterocycles. The summed E-state index contributed by atoms with van der Waals surface area (Å²) in [5, 5.41) is 0. The van der Waals surface area contributed by atoms with E-state index in [0.29, 0.717) is 12.2 Å². The van der Waals surface area contributed by atoms with Crippen molar-refractivity contribution in [1.82, 2.24) is 4.57 Å². The van der Waals surface area contributed by atoms with Crippen molar-refractivity contribution < 1.29 is 14.1 Å². The third-order valence-electron chi connectivity index (χ3n) is 3.13. The Morgan fingerprint density at radius 3 is 3.10 bits per heavy atom. The van der Waals surface area contributed by atoms with Gasteiger partial charge < -0.3 is 4.74 Å². The number of hydrogen-bond donors (Lipinski definition) is 0. The SMILES string of the molecule is CCCCn1cc[n+](CCCOC(=O)C2=C=CC=C2)c1. The van der Waals surface area contributed by atoms with Crippen LogP contribution in [0, 0.1) is 0 Å². The average Bonchev–Trinajstić information content (AvgIpc) is 3.12. The number of aromatic nitrogens is 2. The van der Waals surface area contributed by atoms with Crippen molar-refractivity contribution >= 4 is 5.97 Å². The van der Waals surface area contributed by atoms with Gasteiger partial charge in [-0.1, -0.05) is 19.4 Å². The maximum Gasteiger partial charge on any atom is 0.346 e. The number of rotatable bonds is 8. The predicted molar refractivity (Wildman–Crippen MR) is 75.8 cm³/mol. The van der Waals surface area contributed by atoms with E-state index < -0.39 is 0 Å². The topological polar surface area (TPSA) is 35.1 Å². The third kappa shape index (κ3) is 4.25. The maximum atomic E-state index is 11.6. The van der Waals surface area contributed by atoms with Crippen LogP contribution in [0.25, 0.3) is 0 Å². The molecule has 4 nitrogen and oxygen atoms in total. The number of carbonyl (C=O) groups excluding carboxylic acids is 1. The lowest BCUT2D eigenvalue weighted by Crippen LogP contribution is -2.31. The molecular formula is C16H21N2O2+. The first-order valence-electron chi connectivity index (χ1n) is 7.15. The second-order valence-electron chi connectivity index (χ2n) is 4.82. The Morgan fingerprint density at radius 2 is 2.35 bits per heavy atom. The fourth-order valence-electron chi connectivity index (χ4n) is 1.99. The Hall–Kier alpha value is -2.06. The van der Waals surface area contributed by atoms with Crippen LogP contribution in [0.15, 0.2) is 48.3 Å². The summed E-state index contributed by atoms with van der Waals surface area (Å²) in [6.07, 6.45) is 14.7. The minimum Gasteiger partial charge on any atom is -0.461 e. The standard InChI is InChI=1S/C16H21N2O2/c1-2-3-9-17-11-12-18(14-17)10-6-13-20-16(19)15-7-4-5-8-15/h4-5,7,11-12,14H,2-3,6,9-10,13H2,1H3/q+1. The van der Waals surface area contributed by atoms with Crippen molar-refractivity contribution in [3.8, 4) is 0 Å². The zero-order chi connectivity index (χ0) is 14.2. The van der Waals surface area contributed by atoms with Gasteiger partial charge in [0, 0.05) is 6.42 Å². The molecule has 0 amide bonds. The van der Waals surface area contributed by atoms with Crippen molar-refractivity contribution in [2.45, 2.75) is 39.3 Å². The van der Waals surface area contributed by atoms with E-state index in [2.05, 4.69) is 40.5 Å². The van der Waals surface area contributed by atoms with E-state index in [4.69, 9.17) is 4.74 Å². The summed E-state index contributed by atoms with van der Waals surface area (Å²) in [5.41, 5.74) is 3.34. The van der Waals surface area contributed by atoms with Crippen LogP contribution in [0.2, 0.25) is 0 Å². The number of aryl methyl sites for hydroxylation is 2. The second-order valence-corrected chi connectivity index (χ2v) is 4.82. The van der Waals surface area contributed by atoms with Gasteiger partial charge in [-0.2, -0.15) is 0 Å². The van der Waals surface area contributed by atoms with Gasteiger partial charge in [-0.05, 0) is 18.6 Å². The van der Waals surface area contributed by atoms with Gasteiger partial charge in [0.15, 0.2) is 0 Å². The zero-order valence-corrected chi connectivity index (χ0v) is 11.9. The zero-order valence-electron chi connectivity index (χ0n) is 11.9. The molecule has 0 aliphatic heterocycles. The van der Waals surface area contributed by atoms with Crippen molar-refractivity contribution in [1.29, 1.82) is 0 Å². The molecule has 0 N–H and O–H groups in total. The number of esters is 1. The summed E-state index contributed by atoms with van der Waals surface area (Å²) in [6.45, 7) is 4.55. The van der Waals surface area contributed by atoms with E-state index in [1.54, 1.807) is 18.2 Å². The van der Waals surface area contributed by atoms with Crippen LogP contribution >= 0.6 is 0 Å². The van der Waals surface area contributed by atoms with Crippen LogP contribution in [-0.2, 0) is 22.6 Å². The fraction of sp³-hybridized carbons (Fsp3) is 0.438. The van der Waals surface area contributed by atoms with Crippen LogP contribution in [0.1, 0.15) is 26.2 Å². The highest BCUT2D eigenvalue weighted by Crippen LogP contribution is 2.04. The number of nitrogens with zero attached hydrogens (tertiary/aromatic N) is 2. The van der Waals surface area contributed by atoms with Gasteiger partial charge in [0.2, 0.25) is 6.33 Å². The summed E-state index contributed by atoms with van der Waals surface area (Å²) in [7, 11) is 0. The first-order chi connectivity index (χ1) is 9.79. The molecule has 1 heterocycles. The summed E-state index contributed by atoms with van der Waals surface area (Å²) < 4.78 is 9.50. The van der Waals surface area contributed by atoms with Crippen LogP contribution in [-0.4, -0.2) is 17.1 Å². The normalized spacial score (nSPS) is 12.8. The van der Waals surface area contributed by atoms with Gasteiger partial charge in [-0.15, -0.1) is 5.73 Å². The molecule has 1 aliphatic rings. The summed E-state index contributed by atoms with van der Waals surface area (Å²) >= 11 is 0. The van der Waals surface area contributed by atoms with E-state index in [0.717, 1.165) is 19.5 Å². The minimum atomic E-state index is -0.291. The molecule has 106 valence electrons. The van der Waals surface area contributed by atoms with Gasteiger partial charge in [0.25, 0.3) is 0 Å². The van der Waals surface area contributed by atoms with Crippen molar-refractivity contribution in [3.05, 3.63) is 48.3 Å². The molecule has 0 bridgehead atoms. The van der Waals surface area contributed by atoms with Gasteiger partial charge in [0.05, 0.1) is 19.7 Å². The highest BCUT2D eigenvalue weighted by molar-refractivity contribution is 5.92. The van der Waals surface area contributed by atoms with Crippen LogP contribution < -0.4 is 4.57 Å². The molecule has 2 rings (SSSR count). The molecule has 1 aromatic rings. The molecule has 0 aromatic carbocycles. The molecule has 20 heavy (non-hydrogen) atoms. The highest BCUT2D eigenvalue weighted by atomic mass is 16.5. The molecule has 0 saturated heterocycles. The van der Waals surface area contributed by atoms with E-state index in [9.17, 15) is 4.79 Å². The van der Waals surface area contributed by atoms with Gasteiger partial charge in [-0.3, -0.25) is 0 Å². The second kappa shape index (κ2) is 7.51. The molecule has 0 atom stereocenters. The molecule has 4 heteroatoms. The van der Waals surface area contributed by atoms with Crippen molar-refractivity contribution in [2.75, 3.05) is 6.61 Å². The summed E-state index contributed by atoms with van der Waals surface area (Å²) in [5.74, 6) is -0.291. The van der Waals surface area contributed by atoms with Crippen molar-refractivity contribution in [2.24, 2.45) is 0 Å². The molecule has 0 unspecified atom stereocenters.